The summed E-state index contributed by atoms with van der Waals surface area (Å²) in [5.41, 5.74) is 8.28. The average molecular weight is 220 g/mol. The summed E-state index contributed by atoms with van der Waals surface area (Å²) in [7, 11) is 0. The van der Waals surface area contributed by atoms with Crippen molar-refractivity contribution in [3.8, 4) is 0 Å². The van der Waals surface area contributed by atoms with Gasteiger partial charge in [-0.25, -0.2) is 0 Å². The molecule has 16 heavy (non-hydrogen) atoms. The fourth-order valence-electron chi connectivity index (χ4n) is 2.08. The topological polar surface area (TPSA) is 38.5 Å². The Hall–Kier alpha value is -1.06. The van der Waals surface area contributed by atoms with Crippen molar-refractivity contribution in [1.82, 2.24) is 0 Å². The van der Waals surface area contributed by atoms with Crippen molar-refractivity contribution in [1.29, 1.82) is 0 Å². The van der Waals surface area contributed by atoms with Gasteiger partial charge in [0.05, 0.1) is 13.2 Å². The minimum atomic E-state index is 0.108. The van der Waals surface area contributed by atoms with Crippen molar-refractivity contribution in [3.63, 3.8) is 0 Å². The quantitative estimate of drug-likeness (QED) is 0.827. The number of hydrogen-bond donors (Lipinski definition) is 1. The Bertz CT molecular complexity index is 334. The SMILES string of the molecule is C[C@@H]1COCCN1c1ccc([C@@H](C)N)cc1. The maximum absolute atomic E-state index is 5.84. The van der Waals surface area contributed by atoms with Gasteiger partial charge < -0.3 is 15.4 Å². The van der Waals surface area contributed by atoms with Gasteiger partial charge in [-0.15, -0.1) is 0 Å². The van der Waals surface area contributed by atoms with Crippen LogP contribution in [0.5, 0.6) is 0 Å². The lowest BCUT2D eigenvalue weighted by molar-refractivity contribution is 0.0989. The highest BCUT2D eigenvalue weighted by Crippen LogP contribution is 2.21. The molecule has 0 aliphatic carbocycles. The summed E-state index contributed by atoms with van der Waals surface area (Å²) < 4.78 is 5.43. The van der Waals surface area contributed by atoms with Gasteiger partial charge in [0.1, 0.15) is 0 Å². The average Bonchev–Trinajstić information content (AvgIpc) is 2.30. The minimum absolute atomic E-state index is 0.108. The number of ether oxygens (including phenoxy) is 1. The fourth-order valence-corrected chi connectivity index (χ4v) is 2.08. The predicted molar refractivity (Wildman–Crippen MR) is 66.7 cm³/mol. The van der Waals surface area contributed by atoms with Crippen molar-refractivity contribution in [2.24, 2.45) is 5.73 Å². The van der Waals surface area contributed by atoms with Crippen LogP contribution in [-0.4, -0.2) is 25.8 Å². The molecular weight excluding hydrogens is 200 g/mol. The maximum atomic E-state index is 5.84. The van der Waals surface area contributed by atoms with Crippen LogP contribution >= 0.6 is 0 Å². The van der Waals surface area contributed by atoms with E-state index in [9.17, 15) is 0 Å². The maximum Gasteiger partial charge on any atom is 0.0668 e. The number of rotatable bonds is 2. The first-order chi connectivity index (χ1) is 7.68. The van der Waals surface area contributed by atoms with Gasteiger partial charge in [-0.1, -0.05) is 12.1 Å². The second-order valence-corrected chi connectivity index (χ2v) is 4.50. The molecule has 1 saturated heterocycles. The van der Waals surface area contributed by atoms with Crippen molar-refractivity contribution >= 4 is 5.69 Å². The zero-order valence-electron chi connectivity index (χ0n) is 10.0. The Morgan fingerprint density at radius 2 is 2.06 bits per heavy atom. The van der Waals surface area contributed by atoms with E-state index < -0.39 is 0 Å². The molecule has 0 amide bonds. The van der Waals surface area contributed by atoms with Crippen LogP contribution in [0.2, 0.25) is 0 Å². The summed E-state index contributed by atoms with van der Waals surface area (Å²) >= 11 is 0. The fraction of sp³-hybridized carbons (Fsp3) is 0.538. The monoisotopic (exact) mass is 220 g/mol. The molecule has 0 unspecified atom stereocenters. The Labute approximate surface area is 97.2 Å². The van der Waals surface area contributed by atoms with Gasteiger partial charge >= 0.3 is 0 Å². The van der Waals surface area contributed by atoms with E-state index in [-0.39, 0.29) is 6.04 Å². The molecule has 88 valence electrons. The molecule has 0 aromatic heterocycles. The normalized spacial score (nSPS) is 23.2. The van der Waals surface area contributed by atoms with E-state index in [0.29, 0.717) is 6.04 Å². The van der Waals surface area contributed by atoms with Crippen LogP contribution in [0.15, 0.2) is 24.3 Å². The van der Waals surface area contributed by atoms with Crippen LogP contribution in [0.3, 0.4) is 0 Å². The Morgan fingerprint density at radius 1 is 1.38 bits per heavy atom. The van der Waals surface area contributed by atoms with Gasteiger partial charge in [-0.2, -0.15) is 0 Å². The molecular formula is C13H20N2O. The first-order valence-electron chi connectivity index (χ1n) is 5.88. The molecule has 3 heteroatoms. The Balaban J connectivity index is 2.14. The lowest BCUT2D eigenvalue weighted by atomic mass is 10.1. The number of benzene rings is 1. The van der Waals surface area contributed by atoms with E-state index in [1.807, 2.05) is 6.92 Å². The van der Waals surface area contributed by atoms with Gasteiger partial charge in [-0.05, 0) is 31.5 Å². The molecule has 1 aliphatic rings. The molecule has 1 fully saturated rings. The second-order valence-electron chi connectivity index (χ2n) is 4.50. The smallest absolute Gasteiger partial charge is 0.0668 e. The lowest BCUT2D eigenvalue weighted by Crippen LogP contribution is -2.43. The molecule has 0 spiro atoms. The van der Waals surface area contributed by atoms with Crippen LogP contribution < -0.4 is 10.6 Å². The molecule has 2 atom stereocenters. The summed E-state index contributed by atoms with van der Waals surface area (Å²) in [5, 5.41) is 0. The zero-order chi connectivity index (χ0) is 11.5. The van der Waals surface area contributed by atoms with Crippen molar-refractivity contribution in [2.75, 3.05) is 24.7 Å². The first-order valence-corrected chi connectivity index (χ1v) is 5.88. The van der Waals surface area contributed by atoms with Crippen LogP contribution in [0.25, 0.3) is 0 Å². The van der Waals surface area contributed by atoms with E-state index in [4.69, 9.17) is 10.5 Å². The molecule has 1 heterocycles. The van der Waals surface area contributed by atoms with Gasteiger partial charge in [0, 0.05) is 24.3 Å². The second kappa shape index (κ2) is 4.85. The number of morpholine rings is 1. The van der Waals surface area contributed by atoms with E-state index in [1.165, 1.54) is 11.3 Å². The summed E-state index contributed by atoms with van der Waals surface area (Å²) in [6, 6.07) is 9.09. The molecule has 0 saturated carbocycles. The largest absolute Gasteiger partial charge is 0.377 e. The number of anilines is 1. The molecule has 1 aliphatic heterocycles. The van der Waals surface area contributed by atoms with Crippen molar-refractivity contribution < 1.29 is 4.74 Å². The summed E-state index contributed by atoms with van der Waals surface area (Å²) in [4.78, 5) is 2.38. The third-order valence-electron chi connectivity index (χ3n) is 3.12. The van der Waals surface area contributed by atoms with E-state index in [2.05, 4.69) is 36.1 Å². The number of nitrogens with two attached hydrogens (primary N) is 1. The van der Waals surface area contributed by atoms with E-state index >= 15 is 0 Å². The summed E-state index contributed by atoms with van der Waals surface area (Å²) in [6.45, 7) is 6.80. The molecule has 0 bridgehead atoms. The van der Waals surface area contributed by atoms with E-state index in [1.54, 1.807) is 0 Å². The van der Waals surface area contributed by atoms with Gasteiger partial charge in [-0.3, -0.25) is 0 Å². The van der Waals surface area contributed by atoms with Crippen LogP contribution in [0, 0.1) is 0 Å². The molecule has 2 rings (SSSR count). The lowest BCUT2D eigenvalue weighted by Gasteiger charge is -2.35. The molecule has 0 radical (unpaired) electrons. The first kappa shape index (κ1) is 11.4. The summed E-state index contributed by atoms with van der Waals surface area (Å²) in [6.07, 6.45) is 0. The van der Waals surface area contributed by atoms with E-state index in [0.717, 1.165) is 19.8 Å². The third-order valence-corrected chi connectivity index (χ3v) is 3.12. The number of hydrogen-bond acceptors (Lipinski definition) is 3. The molecule has 3 nitrogen and oxygen atoms in total. The van der Waals surface area contributed by atoms with Gasteiger partial charge in [0.15, 0.2) is 0 Å². The van der Waals surface area contributed by atoms with Crippen LogP contribution in [-0.2, 0) is 4.74 Å². The predicted octanol–water partition coefficient (Wildman–Crippen LogP) is 1.93. The van der Waals surface area contributed by atoms with Gasteiger partial charge in [0.25, 0.3) is 0 Å². The zero-order valence-corrected chi connectivity index (χ0v) is 10.0. The van der Waals surface area contributed by atoms with Crippen molar-refractivity contribution in [3.05, 3.63) is 29.8 Å². The summed E-state index contributed by atoms with van der Waals surface area (Å²) in [5.74, 6) is 0. The number of nitrogens with zero attached hydrogens (tertiary/aromatic N) is 1. The van der Waals surface area contributed by atoms with Gasteiger partial charge in [0.2, 0.25) is 0 Å². The highest BCUT2D eigenvalue weighted by molar-refractivity contribution is 5.49. The molecule has 1 aromatic carbocycles. The molecule has 2 N–H and O–H groups in total. The Morgan fingerprint density at radius 3 is 2.62 bits per heavy atom. The third kappa shape index (κ3) is 2.36. The van der Waals surface area contributed by atoms with Crippen LogP contribution in [0.4, 0.5) is 5.69 Å². The van der Waals surface area contributed by atoms with Crippen LogP contribution in [0.1, 0.15) is 25.5 Å². The standard InChI is InChI=1S/C13H20N2O/c1-10-9-16-8-7-15(10)13-5-3-12(4-6-13)11(2)14/h3-6,10-11H,7-9,14H2,1-2H3/t10-,11-/m1/s1. The van der Waals surface area contributed by atoms with Crippen molar-refractivity contribution in [2.45, 2.75) is 25.9 Å². The molecule has 1 aromatic rings. The highest BCUT2D eigenvalue weighted by Gasteiger charge is 2.18. The Kier molecular flexibility index (Phi) is 3.46. The highest BCUT2D eigenvalue weighted by atomic mass is 16.5. The minimum Gasteiger partial charge on any atom is -0.377 e.